The summed E-state index contributed by atoms with van der Waals surface area (Å²) >= 11 is 4.00. The smallest absolute Gasteiger partial charge is 0.326 e. The zero-order valence-corrected chi connectivity index (χ0v) is 17.6. The van der Waals surface area contributed by atoms with Crippen LogP contribution in [0.1, 0.15) is 18.4 Å². The normalized spacial score (nSPS) is 13.4. The van der Waals surface area contributed by atoms with Gasteiger partial charge in [0.05, 0.1) is 12.6 Å². The molecule has 3 atom stereocenters. The molecule has 0 bridgehead atoms. The van der Waals surface area contributed by atoms with Gasteiger partial charge < -0.3 is 32.5 Å². The molecule has 170 valence electrons. The van der Waals surface area contributed by atoms with Crippen molar-refractivity contribution in [3.63, 3.8) is 0 Å². The number of nitrogens with two attached hydrogens (primary N) is 2. The van der Waals surface area contributed by atoms with Crippen LogP contribution in [-0.4, -0.2) is 65.1 Å². The molecule has 31 heavy (non-hydrogen) atoms. The molecule has 0 aliphatic heterocycles. The Bertz CT molecular complexity index is 791. The van der Waals surface area contributed by atoms with E-state index in [1.54, 1.807) is 30.3 Å². The summed E-state index contributed by atoms with van der Waals surface area (Å²) in [4.78, 5) is 58.5. The number of aliphatic carboxylic acids is 1. The van der Waals surface area contributed by atoms with Gasteiger partial charge in [-0.3, -0.25) is 19.2 Å². The van der Waals surface area contributed by atoms with E-state index in [-0.39, 0.29) is 25.0 Å². The fraction of sp³-hybridized carbons (Fsp3) is 0.421. The standard InChI is InChI=1S/C19H27N5O6S/c20-12(6-7-15(21)25)17(27)24-14(10-31)18(28)22-9-16(26)23-13(19(29)30)8-11-4-2-1-3-5-11/h1-5,12-14,31H,6-10,20H2,(H2,21,25)(H,22,28)(H,23,26)(H,24,27)(H,29,30). The number of rotatable bonds is 13. The van der Waals surface area contributed by atoms with E-state index in [9.17, 15) is 29.1 Å². The first-order valence-corrected chi connectivity index (χ1v) is 10.1. The second-order valence-corrected chi connectivity index (χ2v) is 7.09. The van der Waals surface area contributed by atoms with Gasteiger partial charge in [-0.25, -0.2) is 4.79 Å². The lowest BCUT2D eigenvalue weighted by molar-refractivity contribution is -0.141. The summed E-state index contributed by atoms with van der Waals surface area (Å²) in [6, 6.07) is 5.47. The summed E-state index contributed by atoms with van der Waals surface area (Å²) in [7, 11) is 0. The predicted molar refractivity (Wildman–Crippen MR) is 115 cm³/mol. The van der Waals surface area contributed by atoms with E-state index < -0.39 is 54.3 Å². The van der Waals surface area contributed by atoms with E-state index in [1.165, 1.54) is 0 Å². The lowest BCUT2D eigenvalue weighted by atomic mass is 10.1. The van der Waals surface area contributed by atoms with Crippen LogP contribution < -0.4 is 27.4 Å². The molecule has 0 saturated carbocycles. The maximum atomic E-state index is 12.2. The molecule has 0 aromatic heterocycles. The summed E-state index contributed by atoms with van der Waals surface area (Å²) in [5.41, 5.74) is 11.4. The van der Waals surface area contributed by atoms with Crippen molar-refractivity contribution in [1.29, 1.82) is 0 Å². The lowest BCUT2D eigenvalue weighted by Gasteiger charge is -2.19. The number of hydrogen-bond acceptors (Lipinski definition) is 7. The van der Waals surface area contributed by atoms with Crippen molar-refractivity contribution in [3.8, 4) is 0 Å². The van der Waals surface area contributed by atoms with Crippen LogP contribution in [0.5, 0.6) is 0 Å². The third-order valence-corrected chi connectivity index (χ3v) is 4.56. The first kappa shape index (κ1) is 25.9. The fourth-order valence-electron chi connectivity index (χ4n) is 2.49. The van der Waals surface area contributed by atoms with Crippen LogP contribution >= 0.6 is 12.6 Å². The molecule has 3 unspecified atom stereocenters. The number of thiol groups is 1. The van der Waals surface area contributed by atoms with Crippen LogP contribution in [-0.2, 0) is 30.4 Å². The minimum atomic E-state index is -1.21. The number of nitrogens with one attached hydrogen (secondary N) is 3. The van der Waals surface area contributed by atoms with E-state index in [0.29, 0.717) is 0 Å². The van der Waals surface area contributed by atoms with Crippen LogP contribution in [0.15, 0.2) is 30.3 Å². The summed E-state index contributed by atoms with van der Waals surface area (Å²) in [5, 5.41) is 16.3. The van der Waals surface area contributed by atoms with E-state index in [2.05, 4.69) is 28.6 Å². The Morgan fingerprint density at radius 2 is 1.65 bits per heavy atom. The van der Waals surface area contributed by atoms with Crippen molar-refractivity contribution in [2.24, 2.45) is 11.5 Å². The Balaban J connectivity index is 2.53. The number of carbonyl (C=O) groups is 5. The van der Waals surface area contributed by atoms with Gasteiger partial charge >= 0.3 is 5.97 Å². The fourth-order valence-corrected chi connectivity index (χ4v) is 2.74. The largest absolute Gasteiger partial charge is 0.480 e. The lowest BCUT2D eigenvalue weighted by Crippen LogP contribution is -2.54. The van der Waals surface area contributed by atoms with Crippen molar-refractivity contribution in [2.75, 3.05) is 12.3 Å². The Kier molecular flexibility index (Phi) is 11.1. The Morgan fingerprint density at radius 1 is 1.00 bits per heavy atom. The molecular weight excluding hydrogens is 426 g/mol. The van der Waals surface area contributed by atoms with Gasteiger partial charge in [0.15, 0.2) is 0 Å². The number of carbonyl (C=O) groups excluding carboxylic acids is 4. The highest BCUT2D eigenvalue weighted by molar-refractivity contribution is 7.80. The van der Waals surface area contributed by atoms with Gasteiger partial charge in [-0.05, 0) is 12.0 Å². The van der Waals surface area contributed by atoms with Crippen molar-refractivity contribution >= 4 is 42.2 Å². The van der Waals surface area contributed by atoms with Gasteiger partial charge in [-0.1, -0.05) is 30.3 Å². The average Bonchev–Trinajstić information content (AvgIpc) is 2.73. The first-order valence-electron chi connectivity index (χ1n) is 9.43. The summed E-state index contributed by atoms with van der Waals surface area (Å²) < 4.78 is 0. The molecular formula is C19H27N5O6S. The minimum absolute atomic E-state index is 0.0163. The Morgan fingerprint density at radius 3 is 2.19 bits per heavy atom. The van der Waals surface area contributed by atoms with Crippen molar-refractivity contribution < 1.29 is 29.1 Å². The third-order valence-electron chi connectivity index (χ3n) is 4.19. The molecule has 0 saturated heterocycles. The monoisotopic (exact) mass is 453 g/mol. The van der Waals surface area contributed by atoms with Gasteiger partial charge in [-0.15, -0.1) is 0 Å². The average molecular weight is 454 g/mol. The second kappa shape index (κ2) is 13.2. The maximum Gasteiger partial charge on any atom is 0.326 e. The van der Waals surface area contributed by atoms with Gasteiger partial charge in [0.25, 0.3) is 0 Å². The molecule has 0 fully saturated rings. The van der Waals surface area contributed by atoms with Crippen LogP contribution in [0.25, 0.3) is 0 Å². The summed E-state index contributed by atoms with van der Waals surface area (Å²) in [6.45, 7) is -0.495. The molecule has 0 radical (unpaired) electrons. The van der Waals surface area contributed by atoms with Crippen molar-refractivity contribution in [3.05, 3.63) is 35.9 Å². The van der Waals surface area contributed by atoms with Crippen LogP contribution in [0.4, 0.5) is 0 Å². The quantitative estimate of drug-likeness (QED) is 0.166. The highest BCUT2D eigenvalue weighted by atomic mass is 32.1. The predicted octanol–water partition coefficient (Wildman–Crippen LogP) is -2.08. The van der Waals surface area contributed by atoms with Crippen molar-refractivity contribution in [2.45, 2.75) is 37.4 Å². The van der Waals surface area contributed by atoms with Crippen LogP contribution in [0.3, 0.4) is 0 Å². The number of amides is 4. The van der Waals surface area contributed by atoms with E-state index in [4.69, 9.17) is 11.5 Å². The molecule has 8 N–H and O–H groups in total. The molecule has 4 amide bonds. The van der Waals surface area contributed by atoms with Crippen LogP contribution in [0, 0.1) is 0 Å². The molecule has 0 aliphatic rings. The second-order valence-electron chi connectivity index (χ2n) is 6.72. The summed E-state index contributed by atoms with van der Waals surface area (Å²) in [5.74, 6) is -3.98. The first-order chi connectivity index (χ1) is 14.6. The molecule has 0 heterocycles. The zero-order valence-electron chi connectivity index (χ0n) is 16.7. The van der Waals surface area contributed by atoms with E-state index >= 15 is 0 Å². The summed E-state index contributed by atoms with van der Waals surface area (Å²) in [6.07, 6.45) is 0.0110. The number of primary amides is 1. The molecule has 1 rings (SSSR count). The zero-order chi connectivity index (χ0) is 23.4. The maximum absolute atomic E-state index is 12.2. The van der Waals surface area contributed by atoms with Gasteiger partial charge in [-0.2, -0.15) is 12.6 Å². The molecule has 1 aromatic carbocycles. The molecule has 1 aromatic rings. The van der Waals surface area contributed by atoms with Crippen LogP contribution in [0.2, 0.25) is 0 Å². The highest BCUT2D eigenvalue weighted by Crippen LogP contribution is 2.03. The number of benzene rings is 1. The molecule has 11 nitrogen and oxygen atoms in total. The van der Waals surface area contributed by atoms with Gasteiger partial charge in [0.2, 0.25) is 23.6 Å². The minimum Gasteiger partial charge on any atom is -0.480 e. The highest BCUT2D eigenvalue weighted by Gasteiger charge is 2.24. The van der Waals surface area contributed by atoms with E-state index in [0.717, 1.165) is 5.56 Å². The van der Waals surface area contributed by atoms with Gasteiger partial charge in [0, 0.05) is 18.6 Å². The van der Waals surface area contributed by atoms with Crippen molar-refractivity contribution in [1.82, 2.24) is 16.0 Å². The van der Waals surface area contributed by atoms with Gasteiger partial charge in [0.1, 0.15) is 12.1 Å². The number of hydrogen-bond donors (Lipinski definition) is 7. The van der Waals surface area contributed by atoms with E-state index in [1.807, 2.05) is 0 Å². The number of carboxylic acid groups (broad SMARTS) is 1. The molecule has 0 aliphatic carbocycles. The topological polar surface area (TPSA) is 194 Å². The SMILES string of the molecule is NC(=O)CCC(N)C(=O)NC(CS)C(=O)NCC(=O)NC(Cc1ccccc1)C(=O)O. The Labute approximate surface area is 184 Å². The number of carboxylic acids is 1. The molecule has 0 spiro atoms. The Hall–Kier alpha value is -3.12. The molecule has 12 heteroatoms. The third kappa shape index (κ3) is 9.96.